The number of hydrogen-bond donors (Lipinski definition) is 0. The van der Waals surface area contributed by atoms with Gasteiger partial charge in [0, 0.05) is 12.5 Å². The Morgan fingerprint density at radius 1 is 1.23 bits per heavy atom. The molecule has 0 aromatic heterocycles. The molecule has 0 saturated carbocycles. The Kier molecular flexibility index (Phi) is 3.91. The van der Waals surface area contributed by atoms with Gasteiger partial charge in [0.05, 0.1) is 22.2 Å². The van der Waals surface area contributed by atoms with Crippen molar-refractivity contribution in [3.05, 3.63) is 52.5 Å². The molecule has 22 heavy (non-hydrogen) atoms. The molecule has 1 heterocycles. The minimum absolute atomic E-state index is 0.188. The minimum atomic E-state index is -3.58. The van der Waals surface area contributed by atoms with Crippen molar-refractivity contribution in [3.8, 4) is 5.75 Å². The van der Waals surface area contributed by atoms with E-state index in [1.807, 2.05) is 31.2 Å². The summed E-state index contributed by atoms with van der Waals surface area (Å²) < 4.78 is 33.2. The second kappa shape index (κ2) is 5.59. The van der Waals surface area contributed by atoms with Gasteiger partial charge in [0.2, 0.25) is 0 Å². The molecule has 6 heteroatoms. The number of sulfonamides is 1. The molecule has 1 aliphatic heterocycles. The number of para-hydroxylation sites is 1. The SMILES string of the molecule is COc1ccc(S(=O)(=O)N2CC(C)c3ccccc32)cc1Br. The van der Waals surface area contributed by atoms with E-state index in [0.29, 0.717) is 16.8 Å². The molecule has 0 amide bonds. The molecule has 0 saturated heterocycles. The number of benzene rings is 2. The van der Waals surface area contributed by atoms with E-state index in [-0.39, 0.29) is 10.8 Å². The Balaban J connectivity index is 2.06. The van der Waals surface area contributed by atoms with Crippen LogP contribution in [0.3, 0.4) is 0 Å². The number of nitrogens with zero attached hydrogens (tertiary/aromatic N) is 1. The summed E-state index contributed by atoms with van der Waals surface area (Å²) in [4.78, 5) is 0.254. The van der Waals surface area contributed by atoms with Gasteiger partial charge >= 0.3 is 0 Å². The van der Waals surface area contributed by atoms with Crippen LogP contribution >= 0.6 is 15.9 Å². The maximum Gasteiger partial charge on any atom is 0.264 e. The zero-order chi connectivity index (χ0) is 15.9. The van der Waals surface area contributed by atoms with Gasteiger partial charge in [-0.2, -0.15) is 0 Å². The Morgan fingerprint density at radius 3 is 2.64 bits per heavy atom. The summed E-state index contributed by atoms with van der Waals surface area (Å²) in [5, 5.41) is 0. The number of hydrogen-bond acceptors (Lipinski definition) is 3. The molecule has 1 aliphatic rings. The van der Waals surface area contributed by atoms with E-state index >= 15 is 0 Å². The van der Waals surface area contributed by atoms with Crippen LogP contribution in [0.15, 0.2) is 51.8 Å². The van der Waals surface area contributed by atoms with Crippen LogP contribution in [0.4, 0.5) is 5.69 Å². The lowest BCUT2D eigenvalue weighted by Crippen LogP contribution is -2.29. The van der Waals surface area contributed by atoms with Gasteiger partial charge in [-0.25, -0.2) is 8.42 Å². The average molecular weight is 382 g/mol. The van der Waals surface area contributed by atoms with Gasteiger partial charge in [-0.15, -0.1) is 0 Å². The van der Waals surface area contributed by atoms with Crippen LogP contribution in [-0.2, 0) is 10.0 Å². The molecule has 2 aromatic carbocycles. The first-order valence-electron chi connectivity index (χ1n) is 6.90. The molecule has 0 fully saturated rings. The molecule has 1 unspecified atom stereocenters. The highest BCUT2D eigenvalue weighted by Gasteiger charge is 2.34. The normalized spacial score (nSPS) is 17.4. The third-order valence-electron chi connectivity index (χ3n) is 3.89. The fraction of sp³-hybridized carbons (Fsp3) is 0.250. The first-order valence-corrected chi connectivity index (χ1v) is 9.13. The van der Waals surface area contributed by atoms with Crippen LogP contribution < -0.4 is 9.04 Å². The summed E-state index contributed by atoms with van der Waals surface area (Å²) >= 11 is 3.34. The first-order chi connectivity index (χ1) is 10.4. The molecule has 0 radical (unpaired) electrons. The fourth-order valence-corrected chi connectivity index (χ4v) is 5.04. The second-order valence-corrected chi connectivity index (χ2v) is 8.01. The van der Waals surface area contributed by atoms with E-state index in [1.165, 1.54) is 4.31 Å². The summed E-state index contributed by atoms with van der Waals surface area (Å²) in [6.07, 6.45) is 0. The number of halogens is 1. The van der Waals surface area contributed by atoms with Gasteiger partial charge < -0.3 is 4.74 Å². The van der Waals surface area contributed by atoms with E-state index in [0.717, 1.165) is 11.3 Å². The van der Waals surface area contributed by atoms with Gasteiger partial charge in [0.1, 0.15) is 5.75 Å². The van der Waals surface area contributed by atoms with Gasteiger partial charge in [-0.05, 0) is 45.8 Å². The molecule has 0 bridgehead atoms. The van der Waals surface area contributed by atoms with Crippen LogP contribution in [0, 0.1) is 0 Å². The second-order valence-electron chi connectivity index (χ2n) is 5.29. The minimum Gasteiger partial charge on any atom is -0.496 e. The molecular weight excluding hydrogens is 366 g/mol. The van der Waals surface area contributed by atoms with Crippen LogP contribution in [-0.4, -0.2) is 22.1 Å². The van der Waals surface area contributed by atoms with Crippen LogP contribution in [0.1, 0.15) is 18.4 Å². The number of methoxy groups -OCH3 is 1. The summed E-state index contributed by atoms with van der Waals surface area (Å²) in [6.45, 7) is 2.50. The monoisotopic (exact) mass is 381 g/mol. The lowest BCUT2D eigenvalue weighted by Gasteiger charge is -2.20. The summed E-state index contributed by atoms with van der Waals surface area (Å²) in [6, 6.07) is 12.5. The Morgan fingerprint density at radius 2 is 1.95 bits per heavy atom. The standard InChI is InChI=1S/C16H16BrNO3S/c1-11-10-18(15-6-4-3-5-13(11)15)22(19,20)12-7-8-16(21-2)14(17)9-12/h3-9,11H,10H2,1-2H3. The quantitative estimate of drug-likeness (QED) is 0.812. The topological polar surface area (TPSA) is 46.6 Å². The molecule has 4 nitrogen and oxygen atoms in total. The highest BCUT2D eigenvalue weighted by Crippen LogP contribution is 2.39. The van der Waals surface area contributed by atoms with Crippen LogP contribution in [0.2, 0.25) is 0 Å². The van der Waals surface area contributed by atoms with Crippen molar-refractivity contribution < 1.29 is 13.2 Å². The average Bonchev–Trinajstić information content (AvgIpc) is 2.85. The number of ether oxygens (including phenoxy) is 1. The highest BCUT2D eigenvalue weighted by molar-refractivity contribution is 9.10. The van der Waals surface area contributed by atoms with Crippen molar-refractivity contribution in [3.63, 3.8) is 0 Å². The first kappa shape index (κ1) is 15.4. The molecule has 2 aromatic rings. The lowest BCUT2D eigenvalue weighted by atomic mass is 10.0. The molecule has 116 valence electrons. The highest BCUT2D eigenvalue weighted by atomic mass is 79.9. The van der Waals surface area contributed by atoms with E-state index in [9.17, 15) is 8.42 Å². The third kappa shape index (κ3) is 2.40. The van der Waals surface area contributed by atoms with Gasteiger partial charge in [-0.1, -0.05) is 25.1 Å². The van der Waals surface area contributed by atoms with E-state index < -0.39 is 10.0 Å². The van der Waals surface area contributed by atoms with Crippen molar-refractivity contribution in [2.24, 2.45) is 0 Å². The summed E-state index contributed by atoms with van der Waals surface area (Å²) in [5.74, 6) is 0.793. The largest absolute Gasteiger partial charge is 0.496 e. The van der Waals surface area contributed by atoms with Gasteiger partial charge in [0.25, 0.3) is 10.0 Å². The van der Waals surface area contributed by atoms with Crippen molar-refractivity contribution in [2.75, 3.05) is 18.0 Å². The number of rotatable bonds is 3. The number of fused-ring (bicyclic) bond motifs is 1. The predicted octanol–water partition coefficient (Wildman–Crippen LogP) is 3.77. The molecule has 1 atom stereocenters. The van der Waals surface area contributed by atoms with Gasteiger partial charge in [-0.3, -0.25) is 4.31 Å². The Bertz CT molecular complexity index is 820. The van der Waals surface area contributed by atoms with E-state index in [2.05, 4.69) is 15.9 Å². The molecule has 3 rings (SSSR count). The zero-order valence-corrected chi connectivity index (χ0v) is 14.7. The van der Waals surface area contributed by atoms with Crippen molar-refractivity contribution in [1.82, 2.24) is 0 Å². The van der Waals surface area contributed by atoms with Crippen molar-refractivity contribution in [2.45, 2.75) is 17.7 Å². The maximum absolute atomic E-state index is 13.0. The van der Waals surface area contributed by atoms with Crippen molar-refractivity contribution in [1.29, 1.82) is 0 Å². The maximum atomic E-state index is 13.0. The number of anilines is 1. The van der Waals surface area contributed by atoms with Crippen molar-refractivity contribution >= 4 is 31.6 Å². The fourth-order valence-electron chi connectivity index (χ4n) is 2.74. The summed E-state index contributed by atoms with van der Waals surface area (Å²) in [7, 11) is -2.04. The Labute approximate surface area is 138 Å². The summed E-state index contributed by atoms with van der Waals surface area (Å²) in [5.41, 5.74) is 1.83. The molecular formula is C16H16BrNO3S. The van der Waals surface area contributed by atoms with Gasteiger partial charge in [0.15, 0.2) is 0 Å². The zero-order valence-electron chi connectivity index (χ0n) is 12.3. The molecule has 0 aliphatic carbocycles. The molecule has 0 spiro atoms. The van der Waals surface area contributed by atoms with Crippen LogP contribution in [0.25, 0.3) is 0 Å². The van der Waals surface area contributed by atoms with E-state index in [4.69, 9.17) is 4.74 Å². The molecule has 0 N–H and O–H groups in total. The predicted molar refractivity (Wildman–Crippen MR) is 90.1 cm³/mol. The smallest absolute Gasteiger partial charge is 0.264 e. The Hall–Kier alpha value is -1.53. The lowest BCUT2D eigenvalue weighted by molar-refractivity contribution is 0.411. The van der Waals surface area contributed by atoms with E-state index in [1.54, 1.807) is 25.3 Å². The van der Waals surface area contributed by atoms with Crippen LogP contribution in [0.5, 0.6) is 5.75 Å². The third-order valence-corrected chi connectivity index (χ3v) is 6.28.